The number of nitrogens with one attached hydrogen (secondary N) is 1. The number of rotatable bonds is 5. The van der Waals surface area contributed by atoms with E-state index in [1.54, 1.807) is 12.1 Å². The van der Waals surface area contributed by atoms with Gasteiger partial charge in [0.2, 0.25) is 0 Å². The smallest absolute Gasteiger partial charge is 0.271 e. The van der Waals surface area contributed by atoms with Gasteiger partial charge in [-0.25, -0.2) is 0 Å². The monoisotopic (exact) mass is 268 g/mol. The van der Waals surface area contributed by atoms with Gasteiger partial charge >= 0.3 is 0 Å². The molecule has 4 nitrogen and oxygen atoms in total. The molecule has 1 fully saturated rings. The summed E-state index contributed by atoms with van der Waals surface area (Å²) >= 11 is 0. The molecule has 0 bridgehead atoms. The Hall–Kier alpha value is -2.36. The highest BCUT2D eigenvalue weighted by atomic mass is 16.6. The average Bonchev–Trinajstić information content (AvgIpc) is 3.30. The van der Waals surface area contributed by atoms with E-state index >= 15 is 0 Å². The van der Waals surface area contributed by atoms with Crippen LogP contribution in [0.2, 0.25) is 0 Å². The lowest BCUT2D eigenvalue weighted by atomic mass is 10.0. The van der Waals surface area contributed by atoms with Gasteiger partial charge in [-0.3, -0.25) is 10.1 Å². The van der Waals surface area contributed by atoms with E-state index in [1.807, 2.05) is 12.1 Å². The van der Waals surface area contributed by atoms with Crippen molar-refractivity contribution in [2.24, 2.45) is 0 Å². The summed E-state index contributed by atoms with van der Waals surface area (Å²) in [5, 5.41) is 14.0. The first-order valence-corrected chi connectivity index (χ1v) is 6.80. The summed E-state index contributed by atoms with van der Waals surface area (Å²) in [5.74, 6) is 0.707. The van der Waals surface area contributed by atoms with E-state index in [0.717, 1.165) is 5.69 Å². The Kier molecular flexibility index (Phi) is 3.37. The van der Waals surface area contributed by atoms with Gasteiger partial charge in [-0.15, -0.1) is 0 Å². The van der Waals surface area contributed by atoms with Gasteiger partial charge in [-0.2, -0.15) is 0 Å². The number of anilines is 1. The Labute approximate surface area is 117 Å². The van der Waals surface area contributed by atoms with E-state index in [2.05, 4.69) is 23.5 Å². The Bertz CT molecular complexity index is 636. The summed E-state index contributed by atoms with van der Waals surface area (Å²) in [7, 11) is 0. The Balaban J connectivity index is 1.73. The highest BCUT2D eigenvalue weighted by Crippen LogP contribution is 2.41. The molecule has 1 aliphatic carbocycles. The third-order valence-corrected chi connectivity index (χ3v) is 3.61. The first-order chi connectivity index (χ1) is 9.74. The molecule has 0 saturated heterocycles. The maximum Gasteiger partial charge on any atom is 0.271 e. The minimum absolute atomic E-state index is 0.116. The second-order valence-corrected chi connectivity index (χ2v) is 5.13. The lowest BCUT2D eigenvalue weighted by molar-refractivity contribution is -0.384. The molecule has 0 heterocycles. The van der Waals surface area contributed by atoms with Gasteiger partial charge in [0.15, 0.2) is 0 Å². The van der Waals surface area contributed by atoms with E-state index in [4.69, 9.17) is 0 Å². The molecule has 0 amide bonds. The molecular weight excluding hydrogens is 252 g/mol. The standard InChI is InChI=1S/C16H16N2O2/c19-18(20)15-6-3-5-14(10-15)17-11-13-4-1-2-7-16(13)12-8-9-12/h1-7,10,12,17H,8-9,11H2. The third-order valence-electron chi connectivity index (χ3n) is 3.61. The molecule has 0 radical (unpaired) electrons. The van der Waals surface area contributed by atoms with Crippen LogP contribution in [0.1, 0.15) is 29.9 Å². The topological polar surface area (TPSA) is 55.2 Å². The molecule has 0 atom stereocenters. The quantitative estimate of drug-likeness (QED) is 0.656. The number of nitrogens with zero attached hydrogens (tertiary/aromatic N) is 1. The van der Waals surface area contributed by atoms with E-state index in [9.17, 15) is 10.1 Å². The number of nitro benzene ring substituents is 1. The van der Waals surface area contributed by atoms with Gasteiger partial charge in [-0.1, -0.05) is 30.3 Å². The summed E-state index contributed by atoms with van der Waals surface area (Å²) in [6.07, 6.45) is 2.54. The fourth-order valence-corrected chi connectivity index (χ4v) is 2.41. The minimum atomic E-state index is -0.372. The minimum Gasteiger partial charge on any atom is -0.381 e. The van der Waals surface area contributed by atoms with Crippen LogP contribution in [0.5, 0.6) is 0 Å². The predicted octanol–water partition coefficient (Wildman–Crippen LogP) is 4.08. The van der Waals surface area contributed by atoms with Crippen molar-refractivity contribution in [1.29, 1.82) is 0 Å². The molecule has 0 spiro atoms. The number of nitro groups is 1. The first-order valence-electron chi connectivity index (χ1n) is 6.80. The van der Waals surface area contributed by atoms with Crippen molar-refractivity contribution in [3.05, 3.63) is 69.8 Å². The fourth-order valence-electron chi connectivity index (χ4n) is 2.41. The summed E-state index contributed by atoms with van der Waals surface area (Å²) in [6, 6.07) is 15.0. The van der Waals surface area contributed by atoms with Gasteiger partial charge in [-0.05, 0) is 36.0 Å². The predicted molar refractivity (Wildman–Crippen MR) is 78.8 cm³/mol. The van der Waals surface area contributed by atoms with Gasteiger partial charge in [0.05, 0.1) is 4.92 Å². The van der Waals surface area contributed by atoms with Crippen LogP contribution in [0.4, 0.5) is 11.4 Å². The summed E-state index contributed by atoms with van der Waals surface area (Å²) in [5.41, 5.74) is 3.59. The Morgan fingerprint density at radius 2 is 1.95 bits per heavy atom. The molecule has 1 saturated carbocycles. The maximum atomic E-state index is 10.8. The molecule has 0 aliphatic heterocycles. The van der Waals surface area contributed by atoms with Crippen molar-refractivity contribution >= 4 is 11.4 Å². The van der Waals surface area contributed by atoms with E-state index in [1.165, 1.54) is 30.0 Å². The molecular formula is C16H16N2O2. The van der Waals surface area contributed by atoms with Crippen LogP contribution in [0.15, 0.2) is 48.5 Å². The van der Waals surface area contributed by atoms with Crippen molar-refractivity contribution in [3.8, 4) is 0 Å². The number of benzene rings is 2. The zero-order valence-corrected chi connectivity index (χ0v) is 11.1. The molecule has 2 aromatic rings. The Morgan fingerprint density at radius 3 is 2.70 bits per heavy atom. The van der Waals surface area contributed by atoms with Crippen LogP contribution in [-0.4, -0.2) is 4.92 Å². The van der Waals surface area contributed by atoms with Gasteiger partial charge in [0.25, 0.3) is 5.69 Å². The van der Waals surface area contributed by atoms with Crippen LogP contribution in [0.25, 0.3) is 0 Å². The second kappa shape index (κ2) is 5.33. The van der Waals surface area contributed by atoms with Crippen LogP contribution in [0.3, 0.4) is 0 Å². The first kappa shape index (κ1) is 12.7. The number of hydrogen-bond donors (Lipinski definition) is 1. The SMILES string of the molecule is O=[N+]([O-])c1cccc(NCc2ccccc2C2CC2)c1. The van der Waals surface area contributed by atoms with Crippen molar-refractivity contribution in [2.75, 3.05) is 5.32 Å². The largest absolute Gasteiger partial charge is 0.381 e. The highest BCUT2D eigenvalue weighted by Gasteiger charge is 2.25. The van der Waals surface area contributed by atoms with Crippen molar-refractivity contribution < 1.29 is 4.92 Å². The van der Waals surface area contributed by atoms with Crippen LogP contribution < -0.4 is 5.32 Å². The Morgan fingerprint density at radius 1 is 1.15 bits per heavy atom. The lowest BCUT2D eigenvalue weighted by Gasteiger charge is -2.10. The summed E-state index contributed by atoms with van der Waals surface area (Å²) in [6.45, 7) is 0.702. The third kappa shape index (κ3) is 2.79. The molecule has 20 heavy (non-hydrogen) atoms. The molecule has 3 rings (SSSR count). The van der Waals surface area contributed by atoms with Crippen LogP contribution >= 0.6 is 0 Å². The molecule has 1 aliphatic rings. The van der Waals surface area contributed by atoms with Gasteiger partial charge in [0.1, 0.15) is 0 Å². The van der Waals surface area contributed by atoms with Crippen molar-refractivity contribution in [3.63, 3.8) is 0 Å². The van der Waals surface area contributed by atoms with Gasteiger partial charge in [0, 0.05) is 24.4 Å². The van der Waals surface area contributed by atoms with E-state index < -0.39 is 0 Å². The molecule has 4 heteroatoms. The number of hydrogen-bond acceptors (Lipinski definition) is 3. The molecule has 0 aromatic heterocycles. The van der Waals surface area contributed by atoms with E-state index in [0.29, 0.717) is 12.5 Å². The average molecular weight is 268 g/mol. The van der Waals surface area contributed by atoms with E-state index in [-0.39, 0.29) is 10.6 Å². The molecule has 1 N–H and O–H groups in total. The summed E-state index contributed by atoms with van der Waals surface area (Å²) < 4.78 is 0. The van der Waals surface area contributed by atoms with Gasteiger partial charge < -0.3 is 5.32 Å². The zero-order chi connectivity index (χ0) is 13.9. The molecule has 2 aromatic carbocycles. The number of non-ortho nitro benzene ring substituents is 1. The lowest BCUT2D eigenvalue weighted by Crippen LogP contribution is -2.02. The van der Waals surface area contributed by atoms with Crippen LogP contribution in [0, 0.1) is 10.1 Å². The van der Waals surface area contributed by atoms with Crippen LogP contribution in [-0.2, 0) is 6.54 Å². The molecule has 102 valence electrons. The normalized spacial score (nSPS) is 14.0. The maximum absolute atomic E-state index is 10.8. The highest BCUT2D eigenvalue weighted by molar-refractivity contribution is 5.51. The van der Waals surface area contributed by atoms with Crippen molar-refractivity contribution in [2.45, 2.75) is 25.3 Å². The summed E-state index contributed by atoms with van der Waals surface area (Å²) in [4.78, 5) is 10.4. The fraction of sp³-hybridized carbons (Fsp3) is 0.250. The zero-order valence-electron chi connectivity index (χ0n) is 11.1. The molecule has 0 unspecified atom stereocenters. The van der Waals surface area contributed by atoms with Crippen molar-refractivity contribution in [1.82, 2.24) is 0 Å². The second-order valence-electron chi connectivity index (χ2n) is 5.13.